The third-order valence-corrected chi connectivity index (χ3v) is 3.42. The maximum atomic E-state index is 11.6. The van der Waals surface area contributed by atoms with Gasteiger partial charge in [0.1, 0.15) is 6.10 Å². The zero-order valence-electron chi connectivity index (χ0n) is 12.2. The highest BCUT2D eigenvalue weighted by Crippen LogP contribution is 2.21. The highest BCUT2D eigenvalue weighted by atomic mass is 16.5. The molecule has 1 aliphatic rings. The normalized spacial score (nSPS) is 21.6. The Morgan fingerprint density at radius 3 is 2.67 bits per heavy atom. The summed E-state index contributed by atoms with van der Waals surface area (Å²) in [7, 11) is 1.61. The molecule has 1 aromatic rings. The minimum absolute atomic E-state index is 0.127. The van der Waals surface area contributed by atoms with Crippen LogP contribution in [0.3, 0.4) is 0 Å². The first-order chi connectivity index (χ1) is 10.3. The molecule has 1 aromatic heterocycles. The minimum Gasteiger partial charge on any atom is -0.460 e. The molecule has 0 unspecified atom stereocenters. The number of carbonyl (C=O) groups is 1. The first-order valence-corrected chi connectivity index (χ1v) is 7.25. The van der Waals surface area contributed by atoms with Crippen LogP contribution < -0.4 is 15.4 Å². The number of ether oxygens (including phenoxy) is 2. The van der Waals surface area contributed by atoms with Crippen LogP contribution in [0.15, 0.2) is 18.5 Å². The molecule has 1 saturated carbocycles. The van der Waals surface area contributed by atoms with E-state index in [-0.39, 0.29) is 18.2 Å². The van der Waals surface area contributed by atoms with Gasteiger partial charge in [0.05, 0.1) is 6.61 Å². The van der Waals surface area contributed by atoms with Gasteiger partial charge in [-0.2, -0.15) is 0 Å². The Kier molecular flexibility index (Phi) is 6.21. The van der Waals surface area contributed by atoms with E-state index in [0.29, 0.717) is 19.2 Å². The number of methoxy groups -OCH3 is 1. The Bertz CT molecular complexity index is 421. The number of hydrogen-bond acceptors (Lipinski definition) is 5. The van der Waals surface area contributed by atoms with Crippen LogP contribution >= 0.6 is 0 Å². The molecular formula is C14H22N4O3. The molecule has 0 spiro atoms. The molecule has 7 nitrogen and oxygen atoms in total. The molecule has 0 radical (unpaired) electrons. The van der Waals surface area contributed by atoms with Crippen molar-refractivity contribution in [3.63, 3.8) is 0 Å². The van der Waals surface area contributed by atoms with Crippen molar-refractivity contribution in [2.45, 2.75) is 37.8 Å². The molecule has 2 N–H and O–H groups in total. The number of amides is 2. The molecule has 2 amide bonds. The van der Waals surface area contributed by atoms with Crippen molar-refractivity contribution in [3.05, 3.63) is 18.5 Å². The molecule has 0 atom stereocenters. The van der Waals surface area contributed by atoms with Gasteiger partial charge in [-0.1, -0.05) is 0 Å². The van der Waals surface area contributed by atoms with E-state index in [0.717, 1.165) is 25.7 Å². The van der Waals surface area contributed by atoms with Gasteiger partial charge < -0.3 is 20.1 Å². The monoisotopic (exact) mass is 294 g/mol. The fraction of sp³-hybridized carbons (Fsp3) is 0.643. The fourth-order valence-electron chi connectivity index (χ4n) is 2.32. The van der Waals surface area contributed by atoms with Crippen molar-refractivity contribution in [1.29, 1.82) is 0 Å². The summed E-state index contributed by atoms with van der Waals surface area (Å²) in [4.78, 5) is 19.7. The van der Waals surface area contributed by atoms with E-state index in [9.17, 15) is 4.79 Å². The molecule has 0 aromatic carbocycles. The summed E-state index contributed by atoms with van der Waals surface area (Å²) in [6.45, 7) is 1.04. The van der Waals surface area contributed by atoms with E-state index in [2.05, 4.69) is 20.6 Å². The van der Waals surface area contributed by atoms with Crippen molar-refractivity contribution in [2.75, 3.05) is 20.3 Å². The predicted octanol–water partition coefficient (Wildman–Crippen LogP) is 1.11. The lowest BCUT2D eigenvalue weighted by Crippen LogP contribution is -2.45. The summed E-state index contributed by atoms with van der Waals surface area (Å²) < 4.78 is 10.6. The highest BCUT2D eigenvalue weighted by Gasteiger charge is 2.24. The second kappa shape index (κ2) is 8.41. The lowest BCUT2D eigenvalue weighted by Gasteiger charge is -2.28. The number of carbonyl (C=O) groups excluding carboxylic acids is 1. The summed E-state index contributed by atoms with van der Waals surface area (Å²) in [6, 6.07) is 2.24. The summed E-state index contributed by atoms with van der Waals surface area (Å²) in [5.41, 5.74) is 0. The number of urea groups is 1. The first-order valence-electron chi connectivity index (χ1n) is 7.25. The van der Waals surface area contributed by atoms with Gasteiger partial charge in [0, 0.05) is 32.1 Å². The molecule has 21 heavy (non-hydrogen) atoms. The first kappa shape index (κ1) is 15.5. The van der Waals surface area contributed by atoms with Gasteiger partial charge in [-0.15, -0.1) is 0 Å². The van der Waals surface area contributed by atoms with Gasteiger partial charge >= 0.3 is 12.0 Å². The van der Waals surface area contributed by atoms with Gasteiger partial charge in [-0.25, -0.2) is 14.8 Å². The Balaban J connectivity index is 1.65. The number of nitrogens with zero attached hydrogens (tertiary/aromatic N) is 2. The molecule has 1 heterocycles. The highest BCUT2D eigenvalue weighted by molar-refractivity contribution is 5.74. The Hall–Kier alpha value is -1.89. The number of hydrogen-bond donors (Lipinski definition) is 2. The van der Waals surface area contributed by atoms with Crippen molar-refractivity contribution >= 4 is 6.03 Å². The zero-order valence-corrected chi connectivity index (χ0v) is 12.2. The van der Waals surface area contributed by atoms with Crippen molar-refractivity contribution < 1.29 is 14.3 Å². The van der Waals surface area contributed by atoms with Crippen LogP contribution in [0.2, 0.25) is 0 Å². The van der Waals surface area contributed by atoms with Crippen molar-refractivity contribution in [1.82, 2.24) is 20.6 Å². The van der Waals surface area contributed by atoms with Crippen LogP contribution in [-0.4, -0.2) is 48.4 Å². The SMILES string of the molecule is COCCNC(=O)NC1CCC(Oc2ncccn2)CC1. The molecule has 0 saturated heterocycles. The molecule has 7 heteroatoms. The maximum absolute atomic E-state index is 11.6. The standard InChI is InChI=1S/C14H22N4O3/c1-20-10-9-15-13(19)18-11-3-5-12(6-4-11)21-14-16-7-2-8-17-14/h2,7-8,11-12H,3-6,9-10H2,1H3,(H2,15,18,19). The van der Waals surface area contributed by atoms with E-state index in [1.807, 2.05) is 0 Å². The predicted molar refractivity (Wildman–Crippen MR) is 77.1 cm³/mol. The van der Waals surface area contributed by atoms with Crippen LogP contribution in [0.5, 0.6) is 6.01 Å². The van der Waals surface area contributed by atoms with Crippen molar-refractivity contribution in [3.8, 4) is 6.01 Å². The Morgan fingerprint density at radius 2 is 2.00 bits per heavy atom. The Labute approximate surface area is 124 Å². The van der Waals surface area contributed by atoms with E-state index in [1.165, 1.54) is 0 Å². The van der Waals surface area contributed by atoms with Crippen LogP contribution in [0, 0.1) is 0 Å². The second-order valence-electron chi connectivity index (χ2n) is 5.02. The molecule has 116 valence electrons. The molecule has 1 aliphatic carbocycles. The average molecular weight is 294 g/mol. The quantitative estimate of drug-likeness (QED) is 0.768. The molecule has 1 fully saturated rings. The van der Waals surface area contributed by atoms with Gasteiger partial charge in [0.15, 0.2) is 0 Å². The summed E-state index contributed by atoms with van der Waals surface area (Å²) >= 11 is 0. The molecular weight excluding hydrogens is 272 g/mol. The summed E-state index contributed by atoms with van der Waals surface area (Å²) in [5, 5.41) is 5.73. The minimum atomic E-state index is -0.136. The second-order valence-corrected chi connectivity index (χ2v) is 5.02. The average Bonchev–Trinajstić information content (AvgIpc) is 2.51. The van der Waals surface area contributed by atoms with Gasteiger partial charge in [-0.3, -0.25) is 0 Å². The smallest absolute Gasteiger partial charge is 0.316 e. The third-order valence-electron chi connectivity index (χ3n) is 3.42. The van der Waals surface area contributed by atoms with E-state index >= 15 is 0 Å². The van der Waals surface area contributed by atoms with Crippen molar-refractivity contribution in [2.24, 2.45) is 0 Å². The lowest BCUT2D eigenvalue weighted by atomic mass is 9.93. The van der Waals surface area contributed by atoms with E-state index in [1.54, 1.807) is 25.6 Å². The lowest BCUT2D eigenvalue weighted by molar-refractivity contribution is 0.128. The summed E-state index contributed by atoms with van der Waals surface area (Å²) in [5.74, 6) is 0. The number of rotatable bonds is 6. The van der Waals surface area contributed by atoms with Crippen LogP contribution in [0.1, 0.15) is 25.7 Å². The van der Waals surface area contributed by atoms with Gasteiger partial charge in [0.25, 0.3) is 0 Å². The van der Waals surface area contributed by atoms with E-state index in [4.69, 9.17) is 9.47 Å². The third kappa shape index (κ3) is 5.55. The van der Waals surface area contributed by atoms with Gasteiger partial charge in [0.2, 0.25) is 0 Å². The maximum Gasteiger partial charge on any atom is 0.316 e. The number of aromatic nitrogens is 2. The topological polar surface area (TPSA) is 85.4 Å². The van der Waals surface area contributed by atoms with Crippen LogP contribution in [0.25, 0.3) is 0 Å². The van der Waals surface area contributed by atoms with Crippen LogP contribution in [0.4, 0.5) is 4.79 Å². The Morgan fingerprint density at radius 1 is 1.29 bits per heavy atom. The largest absolute Gasteiger partial charge is 0.460 e. The van der Waals surface area contributed by atoms with Gasteiger partial charge in [-0.05, 0) is 31.7 Å². The zero-order chi connectivity index (χ0) is 14.9. The van der Waals surface area contributed by atoms with E-state index < -0.39 is 0 Å². The summed E-state index contributed by atoms with van der Waals surface area (Å²) in [6.07, 6.45) is 7.04. The molecule has 0 bridgehead atoms. The molecule has 0 aliphatic heterocycles. The fourth-order valence-corrected chi connectivity index (χ4v) is 2.32. The number of nitrogens with one attached hydrogen (secondary N) is 2. The van der Waals surface area contributed by atoms with Crippen LogP contribution in [-0.2, 0) is 4.74 Å². The molecule has 2 rings (SSSR count).